The number of rotatable bonds is 4. The highest BCUT2D eigenvalue weighted by atomic mass is 32.1. The lowest BCUT2D eigenvalue weighted by atomic mass is 9.56. The molecule has 0 aliphatic heterocycles. The highest BCUT2D eigenvalue weighted by molar-refractivity contribution is 7.07. The Hall–Kier alpha value is -1.07. The fourth-order valence-corrected chi connectivity index (χ4v) is 3.33. The van der Waals surface area contributed by atoms with Crippen LogP contribution < -0.4 is 10.6 Å². The normalized spacial score (nSPS) is 28.9. The summed E-state index contributed by atoms with van der Waals surface area (Å²) in [7, 11) is 3.60. The molecule has 2 rings (SSSR count). The van der Waals surface area contributed by atoms with Gasteiger partial charge in [-0.3, -0.25) is 4.99 Å². The van der Waals surface area contributed by atoms with Crippen LogP contribution in [0.4, 0.5) is 0 Å². The monoisotopic (exact) mass is 295 g/mol. The Labute approximate surface area is 125 Å². The van der Waals surface area contributed by atoms with Crippen molar-refractivity contribution >= 4 is 17.3 Å². The van der Waals surface area contributed by atoms with E-state index < -0.39 is 0 Å². The first kappa shape index (κ1) is 15.3. The average Bonchev–Trinajstić information content (AvgIpc) is 2.95. The summed E-state index contributed by atoms with van der Waals surface area (Å²) in [6.07, 6.45) is 0.996. The van der Waals surface area contributed by atoms with Gasteiger partial charge in [-0.2, -0.15) is 11.3 Å². The summed E-state index contributed by atoms with van der Waals surface area (Å²) in [6, 6.07) is 2.50. The zero-order chi connectivity index (χ0) is 14.8. The number of nitrogens with zero attached hydrogens (tertiary/aromatic N) is 1. The quantitative estimate of drug-likeness (QED) is 0.663. The van der Waals surface area contributed by atoms with Crippen LogP contribution in [-0.2, 0) is 11.3 Å². The van der Waals surface area contributed by atoms with Crippen LogP contribution in [0.3, 0.4) is 0 Å². The molecule has 1 saturated carbocycles. The van der Waals surface area contributed by atoms with Crippen molar-refractivity contribution in [2.45, 2.75) is 45.4 Å². The van der Waals surface area contributed by atoms with E-state index in [1.54, 1.807) is 18.4 Å². The number of guanidine groups is 1. The lowest BCUT2D eigenvalue weighted by molar-refractivity contribution is -0.176. The van der Waals surface area contributed by atoms with E-state index in [-0.39, 0.29) is 11.0 Å². The SMILES string of the molecule is CN=C(NCc1ccsc1)NC1CC(C)(OC)C1(C)C. The topological polar surface area (TPSA) is 45.7 Å². The molecule has 1 aromatic rings. The molecule has 1 fully saturated rings. The van der Waals surface area contributed by atoms with E-state index in [1.165, 1.54) is 5.56 Å². The second-order valence-corrected chi connectivity index (χ2v) is 6.90. The number of ether oxygens (including phenoxy) is 1. The molecule has 0 saturated heterocycles. The van der Waals surface area contributed by atoms with Gasteiger partial charge in [0.1, 0.15) is 0 Å². The minimum atomic E-state index is -0.0587. The Morgan fingerprint density at radius 1 is 1.50 bits per heavy atom. The summed E-state index contributed by atoms with van der Waals surface area (Å²) in [5.41, 5.74) is 1.31. The molecule has 112 valence electrons. The van der Waals surface area contributed by atoms with Gasteiger partial charge >= 0.3 is 0 Å². The maximum atomic E-state index is 5.65. The molecular weight excluding hydrogens is 270 g/mol. The molecule has 1 heterocycles. The van der Waals surface area contributed by atoms with E-state index in [9.17, 15) is 0 Å². The molecule has 5 heteroatoms. The van der Waals surface area contributed by atoms with Gasteiger partial charge < -0.3 is 15.4 Å². The predicted octanol–water partition coefficient (Wildman–Crippen LogP) is 2.62. The van der Waals surface area contributed by atoms with Crippen LogP contribution in [0.25, 0.3) is 0 Å². The van der Waals surface area contributed by atoms with E-state index in [0.29, 0.717) is 6.04 Å². The van der Waals surface area contributed by atoms with Crippen LogP contribution >= 0.6 is 11.3 Å². The van der Waals surface area contributed by atoms with Crippen molar-refractivity contribution in [1.82, 2.24) is 10.6 Å². The standard InChI is InChI=1S/C15H25N3OS/c1-14(2)12(8-15(14,3)19-5)18-13(16-4)17-9-11-6-7-20-10-11/h6-7,10,12H,8-9H2,1-5H3,(H2,16,17,18). The zero-order valence-corrected chi connectivity index (χ0v) is 13.8. The lowest BCUT2D eigenvalue weighted by Crippen LogP contribution is -2.69. The van der Waals surface area contributed by atoms with E-state index in [1.807, 2.05) is 7.05 Å². The fourth-order valence-electron chi connectivity index (χ4n) is 2.66. The van der Waals surface area contributed by atoms with E-state index in [2.05, 4.69) is 53.2 Å². The molecule has 2 unspecified atom stereocenters. The van der Waals surface area contributed by atoms with Crippen LogP contribution in [0.5, 0.6) is 0 Å². The van der Waals surface area contributed by atoms with E-state index in [0.717, 1.165) is 18.9 Å². The van der Waals surface area contributed by atoms with Gasteiger partial charge in [0, 0.05) is 32.2 Å². The van der Waals surface area contributed by atoms with Crippen molar-refractivity contribution in [3.8, 4) is 0 Å². The van der Waals surface area contributed by atoms with Gasteiger partial charge in [0.2, 0.25) is 0 Å². The van der Waals surface area contributed by atoms with Gasteiger partial charge in [0.15, 0.2) is 5.96 Å². The number of hydrogen-bond donors (Lipinski definition) is 2. The molecule has 4 nitrogen and oxygen atoms in total. The first-order valence-electron chi connectivity index (χ1n) is 6.96. The van der Waals surface area contributed by atoms with Crippen molar-refractivity contribution in [3.05, 3.63) is 22.4 Å². The molecule has 1 aromatic heterocycles. The number of hydrogen-bond acceptors (Lipinski definition) is 3. The van der Waals surface area contributed by atoms with Gasteiger partial charge in [0.25, 0.3) is 0 Å². The molecule has 20 heavy (non-hydrogen) atoms. The summed E-state index contributed by atoms with van der Waals surface area (Å²) < 4.78 is 5.65. The van der Waals surface area contributed by atoms with Gasteiger partial charge in [0.05, 0.1) is 5.60 Å². The maximum absolute atomic E-state index is 5.65. The summed E-state index contributed by atoms with van der Waals surface area (Å²) in [6.45, 7) is 7.46. The van der Waals surface area contributed by atoms with Gasteiger partial charge in [-0.05, 0) is 35.7 Å². The predicted molar refractivity (Wildman–Crippen MR) is 85.3 cm³/mol. The summed E-state index contributed by atoms with van der Waals surface area (Å²) in [4.78, 5) is 4.31. The van der Waals surface area contributed by atoms with Crippen LogP contribution in [0.15, 0.2) is 21.8 Å². The van der Waals surface area contributed by atoms with Crippen molar-refractivity contribution in [2.75, 3.05) is 14.2 Å². The Kier molecular flexibility index (Phi) is 4.39. The van der Waals surface area contributed by atoms with Crippen molar-refractivity contribution in [1.29, 1.82) is 0 Å². The first-order valence-corrected chi connectivity index (χ1v) is 7.90. The third kappa shape index (κ3) is 2.69. The van der Waals surface area contributed by atoms with Crippen molar-refractivity contribution in [3.63, 3.8) is 0 Å². The zero-order valence-electron chi connectivity index (χ0n) is 13.0. The van der Waals surface area contributed by atoms with E-state index >= 15 is 0 Å². The number of thiophene rings is 1. The molecule has 1 aliphatic rings. The summed E-state index contributed by atoms with van der Waals surface area (Å²) in [5.74, 6) is 0.854. The average molecular weight is 295 g/mol. The van der Waals surface area contributed by atoms with Gasteiger partial charge in [-0.1, -0.05) is 13.8 Å². The molecule has 0 amide bonds. The minimum absolute atomic E-state index is 0.0587. The Balaban J connectivity index is 1.89. The van der Waals surface area contributed by atoms with Gasteiger partial charge in [-0.25, -0.2) is 0 Å². The number of aliphatic imine (C=N–C) groups is 1. The highest BCUT2D eigenvalue weighted by Crippen LogP contribution is 2.51. The minimum Gasteiger partial charge on any atom is -0.378 e. The molecule has 2 N–H and O–H groups in total. The molecular formula is C15H25N3OS. The number of nitrogens with one attached hydrogen (secondary N) is 2. The van der Waals surface area contributed by atoms with Crippen molar-refractivity contribution in [2.24, 2.45) is 10.4 Å². The Morgan fingerprint density at radius 3 is 2.75 bits per heavy atom. The summed E-state index contributed by atoms with van der Waals surface area (Å²) >= 11 is 1.71. The molecule has 0 bridgehead atoms. The molecule has 1 aliphatic carbocycles. The fraction of sp³-hybridized carbons (Fsp3) is 0.667. The maximum Gasteiger partial charge on any atom is 0.191 e. The second-order valence-electron chi connectivity index (χ2n) is 6.12. The first-order chi connectivity index (χ1) is 9.43. The largest absolute Gasteiger partial charge is 0.378 e. The smallest absolute Gasteiger partial charge is 0.191 e. The van der Waals surface area contributed by atoms with E-state index in [4.69, 9.17) is 4.74 Å². The third-order valence-electron chi connectivity index (χ3n) is 4.85. The Morgan fingerprint density at radius 2 is 2.25 bits per heavy atom. The van der Waals surface area contributed by atoms with Crippen LogP contribution in [0.1, 0.15) is 32.8 Å². The van der Waals surface area contributed by atoms with Crippen LogP contribution in [0.2, 0.25) is 0 Å². The third-order valence-corrected chi connectivity index (χ3v) is 5.58. The van der Waals surface area contributed by atoms with Crippen LogP contribution in [-0.4, -0.2) is 31.8 Å². The molecule has 0 spiro atoms. The summed E-state index contributed by atoms with van der Waals surface area (Å²) in [5, 5.41) is 11.1. The lowest BCUT2D eigenvalue weighted by Gasteiger charge is -2.59. The molecule has 0 aromatic carbocycles. The molecule has 2 atom stereocenters. The van der Waals surface area contributed by atoms with Crippen molar-refractivity contribution < 1.29 is 4.74 Å². The number of methoxy groups -OCH3 is 1. The molecule has 0 radical (unpaired) electrons. The second kappa shape index (κ2) is 5.74. The van der Waals surface area contributed by atoms with Crippen LogP contribution in [0, 0.1) is 5.41 Å². The highest BCUT2D eigenvalue weighted by Gasteiger charge is 2.57. The van der Waals surface area contributed by atoms with Gasteiger partial charge in [-0.15, -0.1) is 0 Å². The Bertz CT molecular complexity index is 469.